The van der Waals surface area contributed by atoms with Crippen LogP contribution in [-0.4, -0.2) is 32.0 Å². The van der Waals surface area contributed by atoms with Gasteiger partial charge < -0.3 is 5.32 Å². The van der Waals surface area contributed by atoms with E-state index in [0.29, 0.717) is 5.92 Å². The van der Waals surface area contributed by atoms with Crippen LogP contribution in [-0.2, 0) is 9.84 Å². The summed E-state index contributed by atoms with van der Waals surface area (Å²) < 4.78 is 25.9. The van der Waals surface area contributed by atoms with Crippen molar-refractivity contribution in [2.45, 2.75) is 75.8 Å². The minimum atomic E-state index is -2.99. The summed E-state index contributed by atoms with van der Waals surface area (Å²) in [7, 11) is -1.08. The number of nitrogens with one attached hydrogen (secondary N) is 1. The number of hydrogen-bond donors (Lipinski definition) is 1. The second-order valence-corrected chi connectivity index (χ2v) is 9.77. The molecule has 0 heterocycles. The van der Waals surface area contributed by atoms with Gasteiger partial charge in [0.25, 0.3) is 0 Å². The van der Waals surface area contributed by atoms with Crippen molar-refractivity contribution in [3.8, 4) is 0 Å². The summed E-state index contributed by atoms with van der Waals surface area (Å²) in [5.41, 5.74) is 0.0900. The Morgan fingerprint density at radius 2 is 1.84 bits per heavy atom. The van der Waals surface area contributed by atoms with E-state index in [4.69, 9.17) is 0 Å². The molecule has 112 valence electrons. The first-order valence-corrected chi connectivity index (χ1v) is 9.30. The van der Waals surface area contributed by atoms with Crippen molar-refractivity contribution in [2.24, 2.45) is 11.3 Å². The Balaban J connectivity index is 2.20. The van der Waals surface area contributed by atoms with Gasteiger partial charge >= 0.3 is 0 Å². The average Bonchev–Trinajstić information content (AvgIpc) is 2.64. The van der Waals surface area contributed by atoms with E-state index >= 15 is 0 Å². The molecule has 4 heteroatoms. The zero-order valence-corrected chi connectivity index (χ0v) is 13.6. The van der Waals surface area contributed by atoms with Gasteiger partial charge in [0.05, 0.1) is 10.5 Å². The van der Waals surface area contributed by atoms with Crippen LogP contribution < -0.4 is 5.32 Å². The molecule has 2 aliphatic carbocycles. The summed E-state index contributed by atoms with van der Waals surface area (Å²) in [6, 6.07) is 0.106. The van der Waals surface area contributed by atoms with E-state index in [1.807, 2.05) is 7.05 Å². The van der Waals surface area contributed by atoms with E-state index in [9.17, 15) is 8.42 Å². The summed E-state index contributed by atoms with van der Waals surface area (Å²) in [6.07, 6.45) is 5.84. The predicted octanol–water partition coefficient (Wildman–Crippen LogP) is 2.76. The Labute approximate surface area is 118 Å². The molecule has 0 spiro atoms. The third kappa shape index (κ3) is 2.85. The van der Waals surface area contributed by atoms with Gasteiger partial charge in [-0.3, -0.25) is 0 Å². The van der Waals surface area contributed by atoms with Gasteiger partial charge in [-0.1, -0.05) is 33.6 Å². The molecule has 0 radical (unpaired) electrons. The van der Waals surface area contributed by atoms with Gasteiger partial charge in [-0.25, -0.2) is 8.42 Å². The molecule has 4 atom stereocenters. The van der Waals surface area contributed by atoms with Gasteiger partial charge in [0.15, 0.2) is 9.84 Å². The van der Waals surface area contributed by atoms with Gasteiger partial charge in [0.2, 0.25) is 0 Å². The van der Waals surface area contributed by atoms with Crippen LogP contribution in [0.15, 0.2) is 0 Å². The lowest BCUT2D eigenvalue weighted by Crippen LogP contribution is -2.48. The lowest BCUT2D eigenvalue weighted by Gasteiger charge is -2.34. The van der Waals surface area contributed by atoms with Crippen molar-refractivity contribution in [2.75, 3.05) is 7.05 Å². The van der Waals surface area contributed by atoms with Crippen molar-refractivity contribution in [1.82, 2.24) is 5.32 Å². The standard InChI is InChI=1S/C15H29NO2S/c1-11-6-5-7-12(10-11)19(17,18)13-8-9-15(2,3)14(13)16-4/h11-14,16H,5-10H2,1-4H3. The highest BCUT2D eigenvalue weighted by Gasteiger charge is 2.49. The summed E-state index contributed by atoms with van der Waals surface area (Å²) in [5, 5.41) is 3.01. The topological polar surface area (TPSA) is 46.2 Å². The van der Waals surface area contributed by atoms with Crippen LogP contribution >= 0.6 is 0 Å². The maximum Gasteiger partial charge on any atom is 0.157 e. The Kier molecular flexibility index (Phi) is 4.32. The van der Waals surface area contributed by atoms with Crippen LogP contribution in [0.2, 0.25) is 0 Å². The van der Waals surface area contributed by atoms with E-state index in [-0.39, 0.29) is 22.0 Å². The third-order valence-electron chi connectivity index (χ3n) is 5.37. The molecule has 2 saturated carbocycles. The fourth-order valence-corrected chi connectivity index (χ4v) is 7.11. The minimum absolute atomic E-state index is 0.0900. The molecule has 3 nitrogen and oxygen atoms in total. The monoisotopic (exact) mass is 287 g/mol. The fraction of sp³-hybridized carbons (Fsp3) is 1.00. The van der Waals surface area contributed by atoms with Gasteiger partial charge in [0.1, 0.15) is 0 Å². The Morgan fingerprint density at radius 3 is 2.42 bits per heavy atom. The van der Waals surface area contributed by atoms with Crippen molar-refractivity contribution in [3.05, 3.63) is 0 Å². The molecule has 4 unspecified atom stereocenters. The van der Waals surface area contributed by atoms with Crippen molar-refractivity contribution in [1.29, 1.82) is 0 Å². The summed E-state index contributed by atoms with van der Waals surface area (Å²) in [4.78, 5) is 0. The maximum absolute atomic E-state index is 13.0. The second kappa shape index (κ2) is 5.36. The molecule has 2 rings (SSSR count). The highest BCUT2D eigenvalue weighted by molar-refractivity contribution is 7.92. The molecular formula is C15H29NO2S. The molecule has 0 saturated heterocycles. The first-order chi connectivity index (χ1) is 8.79. The summed E-state index contributed by atoms with van der Waals surface area (Å²) in [6.45, 7) is 6.57. The third-order valence-corrected chi connectivity index (χ3v) is 8.08. The van der Waals surface area contributed by atoms with Gasteiger partial charge in [0, 0.05) is 6.04 Å². The average molecular weight is 287 g/mol. The van der Waals surface area contributed by atoms with Crippen molar-refractivity contribution in [3.63, 3.8) is 0 Å². The summed E-state index contributed by atoms with van der Waals surface area (Å²) >= 11 is 0. The molecule has 0 aromatic heterocycles. The quantitative estimate of drug-likeness (QED) is 0.868. The van der Waals surface area contributed by atoms with Crippen molar-refractivity contribution < 1.29 is 8.42 Å². The molecular weight excluding hydrogens is 258 g/mol. The molecule has 0 bridgehead atoms. The summed E-state index contributed by atoms with van der Waals surface area (Å²) in [5.74, 6) is 0.566. The van der Waals surface area contributed by atoms with Gasteiger partial charge in [-0.2, -0.15) is 0 Å². The molecule has 1 N–H and O–H groups in total. The maximum atomic E-state index is 13.0. The van der Waals surface area contributed by atoms with E-state index in [1.54, 1.807) is 0 Å². The molecule has 2 aliphatic rings. The van der Waals surface area contributed by atoms with Crippen LogP contribution in [0.25, 0.3) is 0 Å². The number of sulfone groups is 1. The fourth-order valence-electron chi connectivity index (χ4n) is 4.19. The Bertz CT molecular complexity index is 416. The molecule has 2 fully saturated rings. The molecule has 0 amide bonds. The number of hydrogen-bond acceptors (Lipinski definition) is 3. The van der Waals surface area contributed by atoms with E-state index in [2.05, 4.69) is 26.1 Å². The van der Waals surface area contributed by atoms with Gasteiger partial charge in [-0.05, 0) is 44.1 Å². The predicted molar refractivity (Wildman–Crippen MR) is 80.0 cm³/mol. The molecule has 0 aromatic rings. The molecule has 0 aliphatic heterocycles. The van der Waals surface area contributed by atoms with Crippen LogP contribution in [0.4, 0.5) is 0 Å². The van der Waals surface area contributed by atoms with E-state index in [0.717, 1.165) is 32.1 Å². The SMILES string of the molecule is CNC1C(S(=O)(=O)C2CCCC(C)C2)CCC1(C)C. The zero-order valence-electron chi connectivity index (χ0n) is 12.8. The van der Waals surface area contributed by atoms with E-state index < -0.39 is 9.84 Å². The highest BCUT2D eigenvalue weighted by Crippen LogP contribution is 2.43. The van der Waals surface area contributed by atoms with Crippen LogP contribution in [0.1, 0.15) is 59.3 Å². The molecule has 0 aromatic carbocycles. The lowest BCUT2D eigenvalue weighted by atomic mass is 9.87. The van der Waals surface area contributed by atoms with Crippen molar-refractivity contribution >= 4 is 9.84 Å². The minimum Gasteiger partial charge on any atom is -0.315 e. The van der Waals surface area contributed by atoms with Crippen LogP contribution in [0, 0.1) is 11.3 Å². The Morgan fingerprint density at radius 1 is 1.16 bits per heavy atom. The normalized spacial score (nSPS) is 39.4. The first-order valence-electron chi connectivity index (χ1n) is 7.69. The van der Waals surface area contributed by atoms with Crippen LogP contribution in [0.5, 0.6) is 0 Å². The van der Waals surface area contributed by atoms with Gasteiger partial charge in [-0.15, -0.1) is 0 Å². The lowest BCUT2D eigenvalue weighted by molar-refractivity contribution is 0.296. The molecule has 19 heavy (non-hydrogen) atoms. The smallest absolute Gasteiger partial charge is 0.157 e. The van der Waals surface area contributed by atoms with Crippen LogP contribution in [0.3, 0.4) is 0 Å². The second-order valence-electron chi connectivity index (χ2n) is 7.31. The van der Waals surface area contributed by atoms with E-state index in [1.165, 1.54) is 6.42 Å². The first kappa shape index (κ1) is 15.3. The highest BCUT2D eigenvalue weighted by atomic mass is 32.2. The number of rotatable bonds is 3. The zero-order chi connectivity index (χ0) is 14.3. The largest absolute Gasteiger partial charge is 0.315 e. The Hall–Kier alpha value is -0.0900.